The first-order valence-electron chi connectivity index (χ1n) is 8.24. The summed E-state index contributed by atoms with van der Waals surface area (Å²) in [6.45, 7) is 3.66. The van der Waals surface area contributed by atoms with Crippen molar-refractivity contribution in [2.45, 2.75) is 20.4 Å². The Morgan fingerprint density at radius 1 is 1.22 bits per heavy atom. The molecular weight excluding hydrogens is 350 g/mol. The summed E-state index contributed by atoms with van der Waals surface area (Å²) in [6.07, 6.45) is 0. The second kappa shape index (κ2) is 7.24. The van der Waals surface area contributed by atoms with Gasteiger partial charge < -0.3 is 0 Å². The third-order valence-electron chi connectivity index (χ3n) is 4.13. The van der Waals surface area contributed by atoms with Gasteiger partial charge in [0, 0.05) is 12.1 Å². The van der Waals surface area contributed by atoms with Crippen molar-refractivity contribution < 1.29 is 9.72 Å². The van der Waals surface area contributed by atoms with Crippen LogP contribution in [-0.4, -0.2) is 20.4 Å². The molecule has 1 heterocycles. The number of para-hydroxylation sites is 2. The molecule has 0 atom stereocenters. The lowest BCUT2D eigenvalue weighted by molar-refractivity contribution is -0.385. The molecule has 0 aliphatic heterocycles. The van der Waals surface area contributed by atoms with E-state index >= 15 is 0 Å². The molecule has 9 heteroatoms. The van der Waals surface area contributed by atoms with E-state index in [2.05, 4.69) is 15.8 Å². The average molecular weight is 367 g/mol. The number of aryl methyl sites for hydroxylation is 1. The van der Waals surface area contributed by atoms with Crippen molar-refractivity contribution in [3.05, 3.63) is 74.1 Å². The van der Waals surface area contributed by atoms with Crippen molar-refractivity contribution in [3.8, 4) is 0 Å². The Hall–Kier alpha value is -3.75. The number of carbonyl (C=O) groups is 1. The van der Waals surface area contributed by atoms with Crippen molar-refractivity contribution in [2.24, 2.45) is 0 Å². The van der Waals surface area contributed by atoms with Crippen LogP contribution >= 0.6 is 0 Å². The number of nitro groups is 1. The number of benzene rings is 2. The van der Waals surface area contributed by atoms with E-state index in [1.807, 2.05) is 0 Å². The van der Waals surface area contributed by atoms with Crippen LogP contribution in [0.2, 0.25) is 0 Å². The van der Waals surface area contributed by atoms with Gasteiger partial charge in [0.25, 0.3) is 17.2 Å². The Balaban J connectivity index is 1.94. The fraction of sp³-hybridized carbons (Fsp3) is 0.167. The first kappa shape index (κ1) is 18.1. The zero-order valence-corrected chi connectivity index (χ0v) is 14.7. The lowest BCUT2D eigenvalue weighted by Gasteiger charge is -2.14. The van der Waals surface area contributed by atoms with Gasteiger partial charge in [-0.15, -0.1) is 0 Å². The highest BCUT2D eigenvalue weighted by molar-refractivity contribution is 5.99. The Bertz CT molecular complexity index is 1110. The fourth-order valence-electron chi connectivity index (χ4n) is 2.82. The number of rotatable bonds is 5. The molecule has 0 spiro atoms. The predicted octanol–water partition coefficient (Wildman–Crippen LogP) is 2.39. The highest BCUT2D eigenvalue weighted by Crippen LogP contribution is 2.22. The van der Waals surface area contributed by atoms with E-state index in [9.17, 15) is 19.7 Å². The number of hydrogen-bond acceptors (Lipinski definition) is 6. The molecular formula is C18H17N5O4. The second-order valence-corrected chi connectivity index (χ2v) is 5.81. The van der Waals surface area contributed by atoms with Crippen LogP contribution in [0.4, 0.5) is 11.6 Å². The molecule has 1 aromatic heterocycles. The van der Waals surface area contributed by atoms with Gasteiger partial charge in [-0.05, 0) is 32.0 Å². The predicted molar refractivity (Wildman–Crippen MR) is 101 cm³/mol. The summed E-state index contributed by atoms with van der Waals surface area (Å²) in [5.74, 6) is -0.555. The SMILES string of the molecule is CCn1c(NNC(=O)c2cccc(C)c2[N+](=O)[O-])nc2ccccc2c1=O. The zero-order valence-electron chi connectivity index (χ0n) is 14.7. The summed E-state index contributed by atoms with van der Waals surface area (Å²) < 4.78 is 1.37. The van der Waals surface area contributed by atoms with E-state index in [1.54, 1.807) is 50.2 Å². The van der Waals surface area contributed by atoms with Crippen LogP contribution in [0.3, 0.4) is 0 Å². The molecule has 9 nitrogen and oxygen atoms in total. The monoisotopic (exact) mass is 367 g/mol. The third kappa shape index (κ3) is 3.34. The molecule has 3 rings (SSSR count). The van der Waals surface area contributed by atoms with Gasteiger partial charge in [0.1, 0.15) is 5.56 Å². The van der Waals surface area contributed by atoms with E-state index < -0.39 is 10.8 Å². The lowest BCUT2D eigenvalue weighted by Crippen LogP contribution is -2.34. The molecule has 1 amide bonds. The normalized spacial score (nSPS) is 10.6. The van der Waals surface area contributed by atoms with Crippen molar-refractivity contribution in [1.82, 2.24) is 15.0 Å². The van der Waals surface area contributed by atoms with Gasteiger partial charge in [-0.25, -0.2) is 4.98 Å². The van der Waals surface area contributed by atoms with Gasteiger partial charge in [-0.1, -0.05) is 24.3 Å². The highest BCUT2D eigenvalue weighted by atomic mass is 16.6. The van der Waals surface area contributed by atoms with Crippen molar-refractivity contribution in [2.75, 3.05) is 5.43 Å². The van der Waals surface area contributed by atoms with E-state index in [-0.39, 0.29) is 22.8 Å². The fourth-order valence-corrected chi connectivity index (χ4v) is 2.82. The molecule has 0 bridgehead atoms. The average Bonchev–Trinajstić information content (AvgIpc) is 2.65. The van der Waals surface area contributed by atoms with Crippen LogP contribution < -0.4 is 16.4 Å². The largest absolute Gasteiger partial charge is 0.285 e. The van der Waals surface area contributed by atoms with Crippen molar-refractivity contribution in [1.29, 1.82) is 0 Å². The first-order chi connectivity index (χ1) is 12.9. The minimum absolute atomic E-state index is 0.0846. The second-order valence-electron chi connectivity index (χ2n) is 5.81. The maximum Gasteiger partial charge on any atom is 0.285 e. The van der Waals surface area contributed by atoms with Crippen molar-refractivity contribution >= 4 is 28.4 Å². The number of amides is 1. The molecule has 2 aromatic carbocycles. The van der Waals surface area contributed by atoms with Gasteiger partial charge in [0.05, 0.1) is 15.8 Å². The Kier molecular flexibility index (Phi) is 4.84. The van der Waals surface area contributed by atoms with Crippen LogP contribution in [0.25, 0.3) is 10.9 Å². The molecule has 138 valence electrons. The zero-order chi connectivity index (χ0) is 19.6. The van der Waals surface area contributed by atoms with E-state index in [4.69, 9.17) is 0 Å². The smallest absolute Gasteiger partial charge is 0.277 e. The van der Waals surface area contributed by atoms with Crippen LogP contribution in [-0.2, 0) is 6.54 Å². The molecule has 0 fully saturated rings. The summed E-state index contributed by atoms with van der Waals surface area (Å²) in [4.78, 5) is 40.0. The molecule has 27 heavy (non-hydrogen) atoms. The number of fused-ring (bicyclic) bond motifs is 1. The maximum absolute atomic E-state index is 12.6. The van der Waals surface area contributed by atoms with Crippen LogP contribution in [0.15, 0.2) is 47.3 Å². The van der Waals surface area contributed by atoms with Gasteiger partial charge in [0.15, 0.2) is 0 Å². The van der Waals surface area contributed by atoms with Crippen LogP contribution in [0.1, 0.15) is 22.8 Å². The summed E-state index contributed by atoms with van der Waals surface area (Å²) in [5, 5.41) is 11.7. The number of carbonyl (C=O) groups excluding carboxylic acids is 1. The van der Waals surface area contributed by atoms with Crippen LogP contribution in [0, 0.1) is 17.0 Å². The summed E-state index contributed by atoms with van der Waals surface area (Å²) in [5.41, 5.74) is 5.25. The standard InChI is InChI=1S/C18H17N5O4/c1-3-22-17(25)12-8-4-5-10-14(12)19-18(22)21-20-16(24)13-9-6-7-11(2)15(13)23(26)27/h4-10H,3H2,1-2H3,(H,19,21)(H,20,24). The number of hydrazine groups is 1. The molecule has 0 radical (unpaired) electrons. The maximum atomic E-state index is 12.6. The third-order valence-corrected chi connectivity index (χ3v) is 4.13. The number of aromatic nitrogens is 2. The van der Waals surface area contributed by atoms with E-state index in [0.29, 0.717) is 23.0 Å². The van der Waals surface area contributed by atoms with E-state index in [1.165, 1.54) is 10.6 Å². The number of nitro benzene ring substituents is 1. The summed E-state index contributed by atoms with van der Waals surface area (Å²) >= 11 is 0. The molecule has 2 N–H and O–H groups in total. The summed E-state index contributed by atoms with van der Waals surface area (Å²) in [6, 6.07) is 11.4. The Labute approximate surface area is 153 Å². The number of hydrogen-bond donors (Lipinski definition) is 2. The first-order valence-corrected chi connectivity index (χ1v) is 8.24. The van der Waals surface area contributed by atoms with Gasteiger partial charge >= 0.3 is 0 Å². The Morgan fingerprint density at radius 2 is 1.96 bits per heavy atom. The quantitative estimate of drug-likeness (QED) is 0.528. The minimum atomic E-state index is -0.699. The number of nitrogens with one attached hydrogen (secondary N) is 2. The molecule has 0 unspecified atom stereocenters. The molecule has 3 aromatic rings. The van der Waals surface area contributed by atoms with Gasteiger partial charge in [-0.2, -0.15) is 0 Å². The highest BCUT2D eigenvalue weighted by Gasteiger charge is 2.22. The minimum Gasteiger partial charge on any atom is -0.277 e. The molecule has 0 saturated carbocycles. The van der Waals surface area contributed by atoms with Crippen LogP contribution in [0.5, 0.6) is 0 Å². The molecule has 0 aliphatic rings. The van der Waals surface area contributed by atoms with Crippen molar-refractivity contribution in [3.63, 3.8) is 0 Å². The lowest BCUT2D eigenvalue weighted by atomic mass is 10.1. The Morgan fingerprint density at radius 3 is 2.67 bits per heavy atom. The number of anilines is 1. The molecule has 0 aliphatic carbocycles. The topological polar surface area (TPSA) is 119 Å². The number of nitrogens with zero attached hydrogens (tertiary/aromatic N) is 3. The molecule has 0 saturated heterocycles. The summed E-state index contributed by atoms with van der Waals surface area (Å²) in [7, 11) is 0. The van der Waals surface area contributed by atoms with Gasteiger partial charge in [-0.3, -0.25) is 35.1 Å². The van der Waals surface area contributed by atoms with E-state index in [0.717, 1.165) is 0 Å². The van der Waals surface area contributed by atoms with Gasteiger partial charge in [0.2, 0.25) is 5.95 Å².